The molecule has 9 aromatic rings. The van der Waals surface area contributed by atoms with Crippen molar-refractivity contribution in [1.82, 2.24) is 9.97 Å². The molecule has 8 aromatic carbocycles. The normalized spacial score (nSPS) is 15.5. The molecule has 0 radical (unpaired) electrons. The van der Waals surface area contributed by atoms with Crippen molar-refractivity contribution in [3.8, 4) is 23.0 Å². The molecule has 0 fully saturated rings. The third kappa shape index (κ3) is 8.86. The minimum atomic E-state index is -2.29. The Labute approximate surface area is 462 Å². The van der Waals surface area contributed by atoms with Crippen LogP contribution in [-0.2, 0) is 10.8 Å². The Bertz CT molecular complexity index is 3860. The summed E-state index contributed by atoms with van der Waals surface area (Å²) in [5, 5.41) is 0. The van der Waals surface area contributed by atoms with Crippen molar-refractivity contribution in [2.24, 2.45) is 0 Å². The first-order valence-electron chi connectivity index (χ1n) is 28.1. The minimum Gasteiger partial charge on any atom is -0.457 e. The van der Waals surface area contributed by atoms with Crippen molar-refractivity contribution in [1.29, 1.82) is 0 Å². The van der Waals surface area contributed by atoms with E-state index in [1.165, 1.54) is 16.3 Å². The van der Waals surface area contributed by atoms with Gasteiger partial charge in [-0.3, -0.25) is 0 Å². The first-order chi connectivity index (χ1) is 38.9. The van der Waals surface area contributed by atoms with Crippen LogP contribution in [0.1, 0.15) is 56.8 Å². The topological polar surface area (TPSA) is 70.2 Å². The predicted molar refractivity (Wildman–Crippen MR) is 320 cm³/mol. The van der Waals surface area contributed by atoms with E-state index in [4.69, 9.17) is 23.6 Å². The number of ether oxygens (including phenoxy) is 2. The maximum Gasteiger partial charge on any atom is 0.153 e. The fraction of sp³-hybridized carbons (Fsp3) is 0.212. The van der Waals surface area contributed by atoms with E-state index < -0.39 is 6.98 Å². The Morgan fingerprint density at radius 3 is 1.10 bits per heavy atom. The van der Waals surface area contributed by atoms with Gasteiger partial charge in [-0.1, -0.05) is 102 Å². The molecule has 12 nitrogen and oxygen atoms in total. The van der Waals surface area contributed by atoms with Crippen molar-refractivity contribution < 1.29 is 13.6 Å². The highest BCUT2D eigenvalue weighted by molar-refractivity contribution is 5.89. The lowest BCUT2D eigenvalue weighted by Gasteiger charge is -2.26. The molecule has 4 aliphatic rings. The fourth-order valence-electron chi connectivity index (χ4n) is 11.1. The van der Waals surface area contributed by atoms with Gasteiger partial charge in [-0.15, -0.1) is 0 Å². The SMILES string of the molecule is [2H]C([2H])([2H])N1CN(c2cccc(Oc3cc(N4CN(c5cnc(N6CN(c7cc(Oc8cccc(N9CN(C)c%10ccccc%109)c8)cc(C(C)(C)C)c7)c7ccccc76)cn5)c5ccccc54)cc(C(C)(C)C)c3)c2)c2ccccc21. The number of fused-ring (bicyclic) bond motifs is 4. The summed E-state index contributed by atoms with van der Waals surface area (Å²) in [7, 11) is 2.12. The van der Waals surface area contributed by atoms with E-state index in [1.54, 1.807) is 0 Å². The van der Waals surface area contributed by atoms with Gasteiger partial charge in [0.2, 0.25) is 0 Å². The van der Waals surface area contributed by atoms with E-state index in [2.05, 4.69) is 205 Å². The highest BCUT2D eigenvalue weighted by atomic mass is 16.5. The van der Waals surface area contributed by atoms with Crippen LogP contribution in [0.5, 0.6) is 23.0 Å². The summed E-state index contributed by atoms with van der Waals surface area (Å²) < 4.78 is 38.3. The Morgan fingerprint density at radius 1 is 0.359 bits per heavy atom. The molecule has 78 heavy (non-hydrogen) atoms. The standard InChI is InChI=1S/C66H64N10O2/c1-65(2,3)45-31-49(37-53(33-45)77-51-21-17-19-47(35-51)71-41-69(7)55-23-9-11-25-57(55)71)73-43-75(61-29-15-13-27-59(61)73)63-39-68-64(40-67-63)76-44-74(60-28-14-16-30-62(60)76)50-32-46(66(4,5)6)34-54(38-50)78-52-22-18-20-48(36-52)72-42-70(8)56-24-10-12-26-58(56)72/h9-40H,41-44H2,1-8H3/i7D3. The molecule has 390 valence electrons. The summed E-state index contributed by atoms with van der Waals surface area (Å²) >= 11 is 0. The van der Waals surface area contributed by atoms with Gasteiger partial charge in [0.1, 0.15) is 36.3 Å². The van der Waals surface area contributed by atoms with Crippen molar-refractivity contribution >= 4 is 79.9 Å². The van der Waals surface area contributed by atoms with Crippen LogP contribution in [0, 0.1) is 0 Å². The lowest BCUT2D eigenvalue weighted by Crippen LogP contribution is -2.26. The van der Waals surface area contributed by atoms with Gasteiger partial charge < -0.3 is 48.7 Å². The highest BCUT2D eigenvalue weighted by Gasteiger charge is 2.34. The molecule has 0 amide bonds. The number of rotatable bonds is 10. The number of aromatic nitrogens is 2. The van der Waals surface area contributed by atoms with Crippen LogP contribution in [0.2, 0.25) is 0 Å². The summed E-state index contributed by atoms with van der Waals surface area (Å²) in [5.74, 6) is 4.34. The van der Waals surface area contributed by atoms with E-state index in [-0.39, 0.29) is 17.5 Å². The van der Waals surface area contributed by atoms with E-state index in [0.29, 0.717) is 30.5 Å². The molecule has 5 heterocycles. The number of nitrogens with zero attached hydrogens (tertiary/aromatic N) is 10. The third-order valence-corrected chi connectivity index (χ3v) is 15.2. The molecule has 0 unspecified atom stereocenters. The van der Waals surface area contributed by atoms with Gasteiger partial charge in [-0.05, 0) is 119 Å². The van der Waals surface area contributed by atoms with E-state index >= 15 is 0 Å². The van der Waals surface area contributed by atoms with Gasteiger partial charge in [0.25, 0.3) is 0 Å². The molecule has 4 aliphatic heterocycles. The molecule has 13 rings (SSSR count). The molecule has 0 saturated carbocycles. The molecule has 1 aromatic heterocycles. The van der Waals surface area contributed by atoms with Crippen molar-refractivity contribution in [2.75, 3.05) is 79.9 Å². The molecule has 12 heteroatoms. The second kappa shape index (κ2) is 18.8. The Morgan fingerprint density at radius 2 is 0.705 bits per heavy atom. The summed E-state index contributed by atoms with van der Waals surface area (Å²) in [6.45, 7) is 13.0. The van der Waals surface area contributed by atoms with E-state index in [0.717, 1.165) is 92.1 Å². The quantitative estimate of drug-likeness (QED) is 0.131. The van der Waals surface area contributed by atoms with Crippen molar-refractivity contribution in [3.05, 3.63) is 206 Å². The van der Waals surface area contributed by atoms with Gasteiger partial charge in [-0.25, -0.2) is 9.97 Å². The molecule has 0 atom stereocenters. The van der Waals surface area contributed by atoms with Crippen LogP contribution in [0.25, 0.3) is 0 Å². The number of hydrogen-bond acceptors (Lipinski definition) is 12. The number of para-hydroxylation sites is 8. The van der Waals surface area contributed by atoms with E-state index in [9.17, 15) is 0 Å². The fourth-order valence-corrected chi connectivity index (χ4v) is 11.1. The lowest BCUT2D eigenvalue weighted by atomic mass is 9.86. The Kier molecular flexibility index (Phi) is 10.9. The molecule has 0 aliphatic carbocycles. The third-order valence-electron chi connectivity index (χ3n) is 15.2. The van der Waals surface area contributed by atoms with Crippen LogP contribution in [0.4, 0.5) is 79.9 Å². The molecule has 0 saturated heterocycles. The molecule has 0 spiro atoms. The van der Waals surface area contributed by atoms with Crippen LogP contribution in [0.15, 0.2) is 194 Å². The van der Waals surface area contributed by atoms with Crippen molar-refractivity contribution in [2.45, 2.75) is 52.4 Å². The number of benzene rings is 8. The minimum absolute atomic E-state index is 0.153. The van der Waals surface area contributed by atoms with Gasteiger partial charge >= 0.3 is 0 Å². The van der Waals surface area contributed by atoms with Crippen LogP contribution >= 0.6 is 0 Å². The van der Waals surface area contributed by atoms with Gasteiger partial charge in [0, 0.05) is 65.2 Å². The summed E-state index contributed by atoms with van der Waals surface area (Å²) in [6, 6.07) is 62.3. The second-order valence-corrected chi connectivity index (χ2v) is 22.6. The largest absolute Gasteiger partial charge is 0.457 e. The smallest absolute Gasteiger partial charge is 0.153 e. The monoisotopic (exact) mass is 1030 g/mol. The van der Waals surface area contributed by atoms with Crippen LogP contribution < -0.4 is 48.7 Å². The zero-order valence-electron chi connectivity index (χ0n) is 48.1. The maximum absolute atomic E-state index is 8.23. The number of hydrogen-bond donors (Lipinski definition) is 0. The molecule has 0 bridgehead atoms. The Balaban J connectivity index is 0.762. The van der Waals surface area contributed by atoms with Gasteiger partial charge in [-0.2, -0.15) is 0 Å². The predicted octanol–water partition coefficient (Wildman–Crippen LogP) is 16.2. The van der Waals surface area contributed by atoms with Crippen LogP contribution in [-0.4, -0.2) is 50.7 Å². The first-order valence-corrected chi connectivity index (χ1v) is 26.6. The zero-order valence-corrected chi connectivity index (χ0v) is 45.1. The average Bonchev–Trinajstić information content (AvgIpc) is 4.42. The van der Waals surface area contributed by atoms with Gasteiger partial charge in [0.15, 0.2) is 11.6 Å². The summed E-state index contributed by atoms with van der Waals surface area (Å²) in [4.78, 5) is 27.4. The second-order valence-electron chi connectivity index (χ2n) is 22.6. The molecule has 0 N–H and O–H groups in total. The molecular weight excluding hydrogens is 965 g/mol. The Hall–Kier alpha value is -9.16. The highest BCUT2D eigenvalue weighted by Crippen LogP contribution is 2.49. The average molecular weight is 1030 g/mol. The van der Waals surface area contributed by atoms with Crippen LogP contribution in [0.3, 0.4) is 0 Å². The van der Waals surface area contributed by atoms with E-state index in [1.807, 2.05) is 71.9 Å². The molecular formula is C66H64N10O2. The lowest BCUT2D eigenvalue weighted by molar-refractivity contribution is 0.478. The summed E-state index contributed by atoms with van der Waals surface area (Å²) in [6.07, 6.45) is 3.76. The maximum atomic E-state index is 8.23. The van der Waals surface area contributed by atoms with Crippen molar-refractivity contribution in [3.63, 3.8) is 0 Å². The number of anilines is 14. The summed E-state index contributed by atoms with van der Waals surface area (Å²) in [5.41, 5.74) is 13.9. The zero-order chi connectivity index (χ0) is 56.0. The van der Waals surface area contributed by atoms with Gasteiger partial charge in [0.05, 0.1) is 71.2 Å². The first kappa shape index (κ1) is 45.1.